The summed E-state index contributed by atoms with van der Waals surface area (Å²) in [5.74, 6) is 0. The summed E-state index contributed by atoms with van der Waals surface area (Å²) < 4.78 is 0. The van der Waals surface area contributed by atoms with Crippen molar-refractivity contribution in [3.05, 3.63) is 10.1 Å². The fourth-order valence-corrected chi connectivity index (χ4v) is 1.57. The van der Waals surface area contributed by atoms with Crippen molar-refractivity contribution in [1.29, 1.82) is 0 Å². The van der Waals surface area contributed by atoms with Crippen LogP contribution in [0.25, 0.3) is 0 Å². The lowest BCUT2D eigenvalue weighted by atomic mass is 10.3. The summed E-state index contributed by atoms with van der Waals surface area (Å²) in [6, 6.07) is 0. The van der Waals surface area contributed by atoms with E-state index < -0.39 is 5.09 Å². The molecule has 0 amide bonds. The van der Waals surface area contributed by atoms with Gasteiger partial charge in [0.2, 0.25) is 0 Å². The smallest absolute Gasteiger partial charge is 0.294 e. The standard InChI is InChI=1S/C8H17N3O3/c1-2-9-3-5-10(6-4-9)7-8-14-11(12)13/h2-8H2,1H3. The summed E-state index contributed by atoms with van der Waals surface area (Å²) in [6.45, 7) is 8.12. The average Bonchev–Trinajstić information content (AvgIpc) is 2.18. The van der Waals surface area contributed by atoms with Gasteiger partial charge in [-0.2, -0.15) is 0 Å². The first-order valence-electron chi connectivity index (χ1n) is 4.94. The zero-order valence-electron chi connectivity index (χ0n) is 8.52. The number of nitrogens with zero attached hydrogens (tertiary/aromatic N) is 3. The Kier molecular flexibility index (Phi) is 4.61. The Hall–Kier alpha value is -0.880. The van der Waals surface area contributed by atoms with Gasteiger partial charge in [-0.3, -0.25) is 4.90 Å². The van der Waals surface area contributed by atoms with E-state index >= 15 is 0 Å². The van der Waals surface area contributed by atoms with E-state index in [4.69, 9.17) is 0 Å². The van der Waals surface area contributed by atoms with Crippen LogP contribution in [-0.2, 0) is 4.84 Å². The molecule has 0 atom stereocenters. The van der Waals surface area contributed by atoms with Gasteiger partial charge in [-0.05, 0) is 6.54 Å². The summed E-state index contributed by atoms with van der Waals surface area (Å²) in [7, 11) is 0. The highest BCUT2D eigenvalue weighted by Crippen LogP contribution is 2.00. The number of likely N-dealkylation sites (N-methyl/N-ethyl adjacent to an activating group) is 1. The molecule has 0 unspecified atom stereocenters. The van der Waals surface area contributed by atoms with Crippen molar-refractivity contribution < 1.29 is 9.92 Å². The Bertz CT molecular complexity index is 181. The zero-order valence-corrected chi connectivity index (χ0v) is 8.52. The average molecular weight is 203 g/mol. The van der Waals surface area contributed by atoms with E-state index in [1.54, 1.807) is 0 Å². The molecule has 0 radical (unpaired) electrons. The molecule has 82 valence electrons. The maximum Gasteiger partial charge on any atom is 0.294 e. The second kappa shape index (κ2) is 5.77. The number of hydrogen-bond acceptors (Lipinski definition) is 5. The molecule has 0 bridgehead atoms. The molecule has 0 aromatic carbocycles. The van der Waals surface area contributed by atoms with Gasteiger partial charge in [0.05, 0.1) is 0 Å². The normalized spacial score (nSPS) is 19.5. The van der Waals surface area contributed by atoms with E-state index in [1.165, 1.54) is 0 Å². The van der Waals surface area contributed by atoms with Crippen LogP contribution < -0.4 is 0 Å². The van der Waals surface area contributed by atoms with E-state index in [1.807, 2.05) is 0 Å². The number of hydrogen-bond donors (Lipinski definition) is 0. The molecule has 0 spiro atoms. The quantitative estimate of drug-likeness (QED) is 0.458. The lowest BCUT2D eigenvalue weighted by molar-refractivity contribution is -0.757. The first-order valence-corrected chi connectivity index (χ1v) is 4.94. The summed E-state index contributed by atoms with van der Waals surface area (Å²) in [5.41, 5.74) is 0. The second-order valence-electron chi connectivity index (χ2n) is 3.33. The number of piperazine rings is 1. The fraction of sp³-hybridized carbons (Fsp3) is 1.00. The van der Waals surface area contributed by atoms with Crippen LogP contribution in [0.4, 0.5) is 0 Å². The Morgan fingerprint density at radius 1 is 1.29 bits per heavy atom. The summed E-state index contributed by atoms with van der Waals surface area (Å²) >= 11 is 0. The van der Waals surface area contributed by atoms with Crippen LogP contribution in [0.3, 0.4) is 0 Å². The molecule has 1 aliphatic rings. The highest BCUT2D eigenvalue weighted by Gasteiger charge is 2.14. The molecule has 1 fully saturated rings. The van der Waals surface area contributed by atoms with Crippen molar-refractivity contribution in [3.8, 4) is 0 Å². The van der Waals surface area contributed by atoms with Gasteiger partial charge in [0, 0.05) is 32.7 Å². The summed E-state index contributed by atoms with van der Waals surface area (Å²) in [5, 5.41) is 9.16. The molecule has 1 rings (SSSR count). The molecule has 0 N–H and O–H groups in total. The molecule has 1 aliphatic heterocycles. The largest absolute Gasteiger partial charge is 0.313 e. The van der Waals surface area contributed by atoms with Crippen LogP contribution >= 0.6 is 0 Å². The highest BCUT2D eigenvalue weighted by atomic mass is 16.9. The van der Waals surface area contributed by atoms with E-state index in [0.29, 0.717) is 6.54 Å². The first kappa shape index (κ1) is 11.2. The SMILES string of the molecule is CCN1CCN(CCO[N+](=O)[O-])CC1. The maximum atomic E-state index is 9.90. The van der Waals surface area contributed by atoms with E-state index in [2.05, 4.69) is 21.6 Å². The summed E-state index contributed by atoms with van der Waals surface area (Å²) in [4.78, 5) is 18.7. The lowest BCUT2D eigenvalue weighted by Crippen LogP contribution is -2.47. The Morgan fingerprint density at radius 2 is 1.86 bits per heavy atom. The molecule has 1 saturated heterocycles. The fourth-order valence-electron chi connectivity index (χ4n) is 1.57. The zero-order chi connectivity index (χ0) is 10.4. The van der Waals surface area contributed by atoms with Crippen molar-refractivity contribution in [1.82, 2.24) is 9.80 Å². The Labute approximate surface area is 83.5 Å². The molecule has 0 aromatic rings. The lowest BCUT2D eigenvalue weighted by Gasteiger charge is -2.33. The van der Waals surface area contributed by atoms with Gasteiger partial charge in [0.1, 0.15) is 6.61 Å². The Balaban J connectivity index is 2.07. The predicted octanol–water partition coefficient (Wildman–Crippen LogP) is -0.168. The van der Waals surface area contributed by atoms with Gasteiger partial charge < -0.3 is 9.74 Å². The number of rotatable bonds is 5. The third-order valence-corrected chi connectivity index (χ3v) is 2.52. The predicted molar refractivity (Wildman–Crippen MR) is 51.5 cm³/mol. The molecule has 0 saturated carbocycles. The van der Waals surface area contributed by atoms with Crippen LogP contribution in [0.2, 0.25) is 0 Å². The van der Waals surface area contributed by atoms with Crippen molar-refractivity contribution in [2.45, 2.75) is 6.92 Å². The van der Waals surface area contributed by atoms with Gasteiger partial charge in [-0.25, -0.2) is 0 Å². The summed E-state index contributed by atoms with van der Waals surface area (Å²) in [6.07, 6.45) is 0. The van der Waals surface area contributed by atoms with Gasteiger partial charge in [0.25, 0.3) is 5.09 Å². The van der Waals surface area contributed by atoms with Gasteiger partial charge >= 0.3 is 0 Å². The molecule has 6 nitrogen and oxygen atoms in total. The van der Waals surface area contributed by atoms with Crippen molar-refractivity contribution in [2.24, 2.45) is 0 Å². The van der Waals surface area contributed by atoms with Crippen molar-refractivity contribution >= 4 is 0 Å². The van der Waals surface area contributed by atoms with E-state index in [0.717, 1.165) is 32.7 Å². The second-order valence-corrected chi connectivity index (χ2v) is 3.33. The maximum absolute atomic E-state index is 9.90. The molecular weight excluding hydrogens is 186 g/mol. The molecule has 0 aliphatic carbocycles. The molecule has 1 heterocycles. The molecule has 6 heteroatoms. The van der Waals surface area contributed by atoms with Gasteiger partial charge in [0.15, 0.2) is 0 Å². The van der Waals surface area contributed by atoms with Gasteiger partial charge in [-0.15, -0.1) is 10.1 Å². The molecular formula is C8H17N3O3. The third-order valence-electron chi connectivity index (χ3n) is 2.52. The van der Waals surface area contributed by atoms with Crippen LogP contribution in [0, 0.1) is 10.1 Å². The molecule has 0 aromatic heterocycles. The minimum absolute atomic E-state index is 0.180. The first-order chi connectivity index (χ1) is 6.72. The van der Waals surface area contributed by atoms with Crippen LogP contribution in [0.15, 0.2) is 0 Å². The van der Waals surface area contributed by atoms with Crippen LogP contribution in [0.1, 0.15) is 6.92 Å². The van der Waals surface area contributed by atoms with Gasteiger partial charge in [-0.1, -0.05) is 6.92 Å². The van der Waals surface area contributed by atoms with Crippen molar-refractivity contribution in [2.75, 3.05) is 45.9 Å². The topological polar surface area (TPSA) is 58.8 Å². The third kappa shape index (κ3) is 3.89. The minimum atomic E-state index is -0.734. The van der Waals surface area contributed by atoms with Crippen LogP contribution in [0.5, 0.6) is 0 Å². The minimum Gasteiger partial charge on any atom is -0.313 e. The molecule has 14 heavy (non-hydrogen) atoms. The van der Waals surface area contributed by atoms with E-state index in [-0.39, 0.29) is 6.61 Å². The van der Waals surface area contributed by atoms with E-state index in [9.17, 15) is 10.1 Å². The monoisotopic (exact) mass is 203 g/mol. The van der Waals surface area contributed by atoms with Crippen molar-refractivity contribution in [3.63, 3.8) is 0 Å². The van der Waals surface area contributed by atoms with Crippen LogP contribution in [-0.4, -0.2) is 60.8 Å². The Morgan fingerprint density at radius 3 is 2.36 bits per heavy atom. The highest BCUT2D eigenvalue weighted by molar-refractivity contribution is 4.70.